The number of imidazole rings is 1. The molecule has 0 aliphatic carbocycles. The van der Waals surface area contributed by atoms with Crippen LogP contribution in [0.5, 0.6) is 17.2 Å². The summed E-state index contributed by atoms with van der Waals surface area (Å²) >= 11 is 0. The molecule has 0 amide bonds. The van der Waals surface area contributed by atoms with Gasteiger partial charge in [0, 0.05) is 11.9 Å². The number of nitriles is 1. The highest BCUT2D eigenvalue weighted by atomic mass is 16.5. The molecule has 2 N–H and O–H groups in total. The summed E-state index contributed by atoms with van der Waals surface area (Å²) in [5.41, 5.74) is 1.52. The van der Waals surface area contributed by atoms with Gasteiger partial charge in [-0.05, 0) is 48.0 Å². The van der Waals surface area contributed by atoms with Crippen LogP contribution >= 0.6 is 0 Å². The van der Waals surface area contributed by atoms with E-state index >= 15 is 0 Å². The van der Waals surface area contributed by atoms with Crippen molar-refractivity contribution in [2.45, 2.75) is 0 Å². The van der Waals surface area contributed by atoms with Crippen LogP contribution in [0.15, 0.2) is 53.8 Å². The van der Waals surface area contributed by atoms with Crippen LogP contribution in [-0.2, 0) is 0 Å². The van der Waals surface area contributed by atoms with Crippen LogP contribution in [0.25, 0.3) is 5.69 Å². The van der Waals surface area contributed by atoms with Gasteiger partial charge in [0.1, 0.15) is 18.1 Å². The molecule has 0 spiro atoms. The van der Waals surface area contributed by atoms with E-state index in [0.717, 1.165) is 5.69 Å². The first-order valence-electron chi connectivity index (χ1n) is 7.30. The second-order valence-electron chi connectivity index (χ2n) is 5.10. The first-order chi connectivity index (χ1) is 12.1. The number of benzene rings is 2. The molecular formula is C18H14N4O3. The van der Waals surface area contributed by atoms with Gasteiger partial charge in [0.25, 0.3) is 0 Å². The maximum atomic E-state index is 9.55. The quantitative estimate of drug-likeness (QED) is 0.564. The number of aromatic hydroxyl groups is 2. The first kappa shape index (κ1) is 16.1. The average Bonchev–Trinajstić information content (AvgIpc) is 3.05. The second kappa shape index (κ2) is 6.76. The van der Waals surface area contributed by atoms with Gasteiger partial charge in [0.05, 0.1) is 7.11 Å². The molecule has 7 heteroatoms. The monoisotopic (exact) mass is 334 g/mol. The number of hydrogen-bond donors (Lipinski definition) is 2. The highest BCUT2D eigenvalue weighted by molar-refractivity contribution is 5.83. The predicted octanol–water partition coefficient (Wildman–Crippen LogP) is 2.91. The Kier molecular flexibility index (Phi) is 4.35. The molecular weight excluding hydrogens is 320 g/mol. The molecule has 0 saturated carbocycles. The van der Waals surface area contributed by atoms with Crippen LogP contribution < -0.4 is 4.74 Å². The van der Waals surface area contributed by atoms with Crippen molar-refractivity contribution in [3.63, 3.8) is 0 Å². The highest BCUT2D eigenvalue weighted by Crippen LogP contribution is 2.26. The van der Waals surface area contributed by atoms with Crippen LogP contribution in [0.1, 0.15) is 11.3 Å². The zero-order valence-electron chi connectivity index (χ0n) is 13.3. The number of rotatable bonds is 4. The lowest BCUT2D eigenvalue weighted by atomic mass is 10.2. The van der Waals surface area contributed by atoms with Crippen LogP contribution in [0.4, 0.5) is 5.82 Å². The maximum absolute atomic E-state index is 9.55. The maximum Gasteiger partial charge on any atom is 0.185 e. The smallest absolute Gasteiger partial charge is 0.185 e. The SMILES string of the molecule is COc1ccc(-n2cnc(C#N)c2/N=C/c2ccc(O)c(O)c2)cc1. The third kappa shape index (κ3) is 3.28. The number of nitrogens with zero attached hydrogens (tertiary/aromatic N) is 4. The summed E-state index contributed by atoms with van der Waals surface area (Å²) in [7, 11) is 1.59. The van der Waals surface area contributed by atoms with Gasteiger partial charge >= 0.3 is 0 Å². The zero-order valence-corrected chi connectivity index (χ0v) is 13.3. The summed E-state index contributed by atoms with van der Waals surface area (Å²) in [6, 6.07) is 13.6. The summed E-state index contributed by atoms with van der Waals surface area (Å²) in [6.07, 6.45) is 3.00. The number of hydrogen-bond acceptors (Lipinski definition) is 6. The molecule has 25 heavy (non-hydrogen) atoms. The fraction of sp³-hybridized carbons (Fsp3) is 0.0556. The predicted molar refractivity (Wildman–Crippen MR) is 91.9 cm³/mol. The van der Waals surface area contributed by atoms with E-state index in [1.54, 1.807) is 29.9 Å². The van der Waals surface area contributed by atoms with Gasteiger partial charge in [-0.1, -0.05) is 0 Å². The molecule has 0 fully saturated rings. The first-order valence-corrected chi connectivity index (χ1v) is 7.30. The number of ether oxygens (including phenoxy) is 1. The Morgan fingerprint density at radius 1 is 1.16 bits per heavy atom. The van der Waals surface area contributed by atoms with Crippen molar-refractivity contribution < 1.29 is 14.9 Å². The molecule has 0 atom stereocenters. The summed E-state index contributed by atoms with van der Waals surface area (Å²) in [5, 5.41) is 28.1. The van der Waals surface area contributed by atoms with Gasteiger partial charge in [-0.2, -0.15) is 5.26 Å². The Hall–Kier alpha value is -3.79. The number of aromatic nitrogens is 2. The summed E-state index contributed by atoms with van der Waals surface area (Å²) < 4.78 is 6.81. The third-order valence-electron chi connectivity index (χ3n) is 3.53. The molecule has 124 valence electrons. The molecule has 0 aliphatic heterocycles. The fourth-order valence-corrected chi connectivity index (χ4v) is 2.23. The molecule has 0 aliphatic rings. The molecule has 3 rings (SSSR count). The molecule has 0 unspecified atom stereocenters. The minimum atomic E-state index is -0.242. The standard InChI is InChI=1S/C18H14N4O3/c1-25-14-5-3-13(4-6-14)22-11-21-15(9-19)18(22)20-10-12-2-7-16(23)17(24)8-12/h2-8,10-11,23-24H,1H3/b20-10+. The van der Waals surface area contributed by atoms with Gasteiger partial charge in [-0.25, -0.2) is 9.98 Å². The van der Waals surface area contributed by atoms with Gasteiger partial charge in [-0.3, -0.25) is 4.57 Å². The Balaban J connectivity index is 1.99. The van der Waals surface area contributed by atoms with Crippen LogP contribution in [0.2, 0.25) is 0 Å². The number of methoxy groups -OCH3 is 1. The van der Waals surface area contributed by atoms with Crippen molar-refractivity contribution in [2.75, 3.05) is 7.11 Å². The number of aliphatic imine (C=N–C) groups is 1. The van der Waals surface area contributed by atoms with E-state index in [9.17, 15) is 15.5 Å². The second-order valence-corrected chi connectivity index (χ2v) is 5.10. The zero-order chi connectivity index (χ0) is 17.8. The van der Waals surface area contributed by atoms with E-state index < -0.39 is 0 Å². The van der Waals surface area contributed by atoms with E-state index in [1.165, 1.54) is 24.7 Å². The van der Waals surface area contributed by atoms with Crippen molar-refractivity contribution in [2.24, 2.45) is 4.99 Å². The van der Waals surface area contributed by atoms with E-state index in [0.29, 0.717) is 17.1 Å². The van der Waals surface area contributed by atoms with E-state index in [4.69, 9.17) is 4.74 Å². The van der Waals surface area contributed by atoms with Crippen molar-refractivity contribution in [1.29, 1.82) is 5.26 Å². The molecule has 2 aromatic carbocycles. The topological polar surface area (TPSA) is 104 Å². The summed E-state index contributed by atoms with van der Waals surface area (Å²) in [4.78, 5) is 8.39. The third-order valence-corrected chi connectivity index (χ3v) is 3.53. The summed E-state index contributed by atoms with van der Waals surface area (Å²) in [6.45, 7) is 0. The van der Waals surface area contributed by atoms with Crippen molar-refractivity contribution in [3.8, 4) is 29.0 Å². The van der Waals surface area contributed by atoms with E-state index in [2.05, 4.69) is 9.98 Å². The van der Waals surface area contributed by atoms with Gasteiger partial charge < -0.3 is 14.9 Å². The van der Waals surface area contributed by atoms with Gasteiger partial charge in [0.15, 0.2) is 23.0 Å². The molecule has 1 aromatic heterocycles. The van der Waals surface area contributed by atoms with Crippen LogP contribution in [0.3, 0.4) is 0 Å². The van der Waals surface area contributed by atoms with Crippen molar-refractivity contribution in [3.05, 3.63) is 60.0 Å². The Morgan fingerprint density at radius 3 is 2.56 bits per heavy atom. The number of phenols is 2. The normalized spacial score (nSPS) is 10.7. The molecule has 1 heterocycles. The van der Waals surface area contributed by atoms with E-state index in [-0.39, 0.29) is 17.2 Å². The lowest BCUT2D eigenvalue weighted by Gasteiger charge is -2.06. The fourth-order valence-electron chi connectivity index (χ4n) is 2.23. The average molecular weight is 334 g/mol. The van der Waals surface area contributed by atoms with Crippen molar-refractivity contribution >= 4 is 12.0 Å². The van der Waals surface area contributed by atoms with Crippen molar-refractivity contribution in [1.82, 2.24) is 9.55 Å². The molecule has 3 aromatic rings. The minimum absolute atomic E-state index is 0.176. The van der Waals surface area contributed by atoms with E-state index in [1.807, 2.05) is 18.2 Å². The Labute approximate surface area is 143 Å². The highest BCUT2D eigenvalue weighted by Gasteiger charge is 2.11. The largest absolute Gasteiger partial charge is 0.504 e. The van der Waals surface area contributed by atoms with Crippen LogP contribution in [0, 0.1) is 11.3 Å². The Bertz CT molecular complexity index is 969. The Morgan fingerprint density at radius 2 is 1.92 bits per heavy atom. The van der Waals surface area contributed by atoms with Crippen LogP contribution in [-0.4, -0.2) is 33.1 Å². The van der Waals surface area contributed by atoms with Gasteiger partial charge in [0.2, 0.25) is 0 Å². The molecule has 0 saturated heterocycles. The lowest BCUT2D eigenvalue weighted by Crippen LogP contribution is -1.93. The lowest BCUT2D eigenvalue weighted by molar-refractivity contribution is 0.403. The molecule has 7 nitrogen and oxygen atoms in total. The summed E-state index contributed by atoms with van der Waals surface area (Å²) in [5.74, 6) is 0.625. The molecule has 0 bridgehead atoms. The number of phenolic OH excluding ortho intramolecular Hbond substituents is 2. The molecule has 0 radical (unpaired) electrons. The van der Waals surface area contributed by atoms with Gasteiger partial charge in [-0.15, -0.1) is 0 Å². The minimum Gasteiger partial charge on any atom is -0.504 e.